The first-order valence-electron chi connectivity index (χ1n) is 8.64. The second-order valence-electron chi connectivity index (χ2n) is 6.50. The molecule has 0 aliphatic carbocycles. The first-order chi connectivity index (χ1) is 11.6. The van der Waals surface area contributed by atoms with E-state index in [1.165, 1.54) is 21.6 Å². The molecule has 0 heterocycles. The molecular formula is C21H29NOS. The largest absolute Gasteiger partial charge is 0.396 e. The summed E-state index contributed by atoms with van der Waals surface area (Å²) < 4.78 is 0. The number of aryl methyl sites for hydroxylation is 1. The van der Waals surface area contributed by atoms with Crippen LogP contribution in [0.15, 0.2) is 53.4 Å². The Morgan fingerprint density at radius 1 is 1.00 bits per heavy atom. The molecule has 0 radical (unpaired) electrons. The standard InChI is InChI=1S/C21H29NOS/c1-16-8-4-5-9-19(16)13-18(15-23)14-22-17(2)12-20-10-6-7-11-21(20)24-3/h4-11,17-18,22-23H,12-15H2,1-3H3. The lowest BCUT2D eigenvalue weighted by atomic mass is 9.96. The Hall–Kier alpha value is -1.29. The van der Waals surface area contributed by atoms with Gasteiger partial charge in [-0.2, -0.15) is 0 Å². The average molecular weight is 344 g/mol. The van der Waals surface area contributed by atoms with Gasteiger partial charge in [-0.05, 0) is 61.6 Å². The highest BCUT2D eigenvalue weighted by molar-refractivity contribution is 7.98. The molecule has 2 atom stereocenters. The van der Waals surface area contributed by atoms with Crippen LogP contribution in [0.3, 0.4) is 0 Å². The van der Waals surface area contributed by atoms with Crippen molar-refractivity contribution in [1.29, 1.82) is 0 Å². The molecule has 130 valence electrons. The van der Waals surface area contributed by atoms with Crippen LogP contribution in [-0.4, -0.2) is 30.6 Å². The highest BCUT2D eigenvalue weighted by Gasteiger charge is 2.13. The van der Waals surface area contributed by atoms with Gasteiger partial charge in [0.2, 0.25) is 0 Å². The normalized spacial score (nSPS) is 13.7. The fourth-order valence-corrected chi connectivity index (χ4v) is 3.62. The molecule has 0 amide bonds. The highest BCUT2D eigenvalue weighted by atomic mass is 32.2. The lowest BCUT2D eigenvalue weighted by Gasteiger charge is -2.21. The van der Waals surface area contributed by atoms with E-state index in [9.17, 15) is 5.11 Å². The molecule has 2 rings (SSSR count). The maximum Gasteiger partial charge on any atom is 0.0474 e. The van der Waals surface area contributed by atoms with Crippen molar-refractivity contribution < 1.29 is 5.11 Å². The van der Waals surface area contributed by atoms with Crippen molar-refractivity contribution in [3.8, 4) is 0 Å². The summed E-state index contributed by atoms with van der Waals surface area (Å²) in [4.78, 5) is 1.35. The highest BCUT2D eigenvalue weighted by Crippen LogP contribution is 2.21. The van der Waals surface area contributed by atoms with Crippen molar-refractivity contribution in [3.63, 3.8) is 0 Å². The first kappa shape index (κ1) is 19.0. The zero-order chi connectivity index (χ0) is 17.4. The molecular weight excluding hydrogens is 314 g/mol. The summed E-state index contributed by atoms with van der Waals surface area (Å²) in [5, 5.41) is 13.3. The quantitative estimate of drug-likeness (QED) is 0.673. The third-order valence-corrected chi connectivity index (χ3v) is 5.34. The van der Waals surface area contributed by atoms with Gasteiger partial charge >= 0.3 is 0 Å². The van der Waals surface area contributed by atoms with Crippen molar-refractivity contribution in [1.82, 2.24) is 5.32 Å². The van der Waals surface area contributed by atoms with E-state index in [2.05, 4.69) is 74.0 Å². The van der Waals surface area contributed by atoms with E-state index in [4.69, 9.17) is 0 Å². The lowest BCUT2D eigenvalue weighted by molar-refractivity contribution is 0.218. The van der Waals surface area contributed by atoms with Crippen molar-refractivity contribution in [2.45, 2.75) is 37.6 Å². The summed E-state index contributed by atoms with van der Waals surface area (Å²) in [6, 6.07) is 17.4. The zero-order valence-corrected chi connectivity index (χ0v) is 15.8. The lowest BCUT2D eigenvalue weighted by Crippen LogP contribution is -2.35. The SMILES string of the molecule is CSc1ccccc1CC(C)NCC(CO)Cc1ccccc1C. The Labute approximate surface area is 150 Å². The van der Waals surface area contributed by atoms with Gasteiger partial charge in [0.1, 0.15) is 0 Å². The molecule has 2 nitrogen and oxygen atoms in total. The van der Waals surface area contributed by atoms with E-state index in [1.54, 1.807) is 11.8 Å². The first-order valence-corrected chi connectivity index (χ1v) is 9.87. The molecule has 0 aliphatic rings. The van der Waals surface area contributed by atoms with Gasteiger partial charge in [0.15, 0.2) is 0 Å². The van der Waals surface area contributed by atoms with Gasteiger partial charge in [-0.1, -0.05) is 42.5 Å². The van der Waals surface area contributed by atoms with E-state index in [0.717, 1.165) is 19.4 Å². The summed E-state index contributed by atoms with van der Waals surface area (Å²) in [7, 11) is 0. The minimum Gasteiger partial charge on any atom is -0.396 e. The molecule has 0 aromatic heterocycles. The van der Waals surface area contributed by atoms with Crippen LogP contribution in [0.25, 0.3) is 0 Å². The molecule has 2 aromatic carbocycles. The molecule has 2 aromatic rings. The van der Waals surface area contributed by atoms with Crippen molar-refractivity contribution in [3.05, 3.63) is 65.2 Å². The Morgan fingerprint density at radius 3 is 2.33 bits per heavy atom. The van der Waals surface area contributed by atoms with Crippen LogP contribution in [0.2, 0.25) is 0 Å². The van der Waals surface area contributed by atoms with Gasteiger partial charge in [0, 0.05) is 24.1 Å². The number of aliphatic hydroxyl groups excluding tert-OH is 1. The number of hydrogen-bond donors (Lipinski definition) is 2. The van der Waals surface area contributed by atoms with Crippen LogP contribution in [-0.2, 0) is 12.8 Å². The number of hydrogen-bond acceptors (Lipinski definition) is 3. The van der Waals surface area contributed by atoms with E-state index < -0.39 is 0 Å². The van der Waals surface area contributed by atoms with Crippen LogP contribution in [0, 0.1) is 12.8 Å². The summed E-state index contributed by atoms with van der Waals surface area (Å²) in [6.07, 6.45) is 4.06. The van der Waals surface area contributed by atoms with Crippen molar-refractivity contribution >= 4 is 11.8 Å². The van der Waals surface area contributed by atoms with Crippen molar-refractivity contribution in [2.24, 2.45) is 5.92 Å². The fraction of sp³-hybridized carbons (Fsp3) is 0.429. The molecule has 2 N–H and O–H groups in total. The van der Waals surface area contributed by atoms with Crippen LogP contribution >= 0.6 is 11.8 Å². The number of benzene rings is 2. The second kappa shape index (κ2) is 9.87. The van der Waals surface area contributed by atoms with E-state index in [-0.39, 0.29) is 12.5 Å². The Morgan fingerprint density at radius 2 is 1.67 bits per heavy atom. The van der Waals surface area contributed by atoms with Gasteiger partial charge in [0.25, 0.3) is 0 Å². The topological polar surface area (TPSA) is 32.3 Å². The molecule has 0 spiro atoms. The molecule has 0 saturated carbocycles. The molecule has 0 bridgehead atoms. The maximum absolute atomic E-state index is 9.72. The molecule has 0 fully saturated rings. The summed E-state index contributed by atoms with van der Waals surface area (Å²) in [5.74, 6) is 0.254. The van der Waals surface area contributed by atoms with Gasteiger partial charge in [0.05, 0.1) is 0 Å². The van der Waals surface area contributed by atoms with E-state index in [1.807, 2.05) is 0 Å². The van der Waals surface area contributed by atoms with Crippen LogP contribution in [0.4, 0.5) is 0 Å². The summed E-state index contributed by atoms with van der Waals surface area (Å²) >= 11 is 1.80. The average Bonchev–Trinajstić information content (AvgIpc) is 2.60. The zero-order valence-electron chi connectivity index (χ0n) is 15.0. The molecule has 0 aliphatic heterocycles. The van der Waals surface area contributed by atoms with Crippen LogP contribution < -0.4 is 5.32 Å². The van der Waals surface area contributed by atoms with E-state index in [0.29, 0.717) is 6.04 Å². The number of nitrogens with one attached hydrogen (secondary N) is 1. The smallest absolute Gasteiger partial charge is 0.0474 e. The number of aliphatic hydroxyl groups is 1. The predicted molar refractivity (Wildman–Crippen MR) is 105 cm³/mol. The maximum atomic E-state index is 9.72. The minimum atomic E-state index is 0.218. The van der Waals surface area contributed by atoms with Crippen LogP contribution in [0.5, 0.6) is 0 Å². The molecule has 0 saturated heterocycles. The molecule has 24 heavy (non-hydrogen) atoms. The van der Waals surface area contributed by atoms with Gasteiger partial charge < -0.3 is 10.4 Å². The van der Waals surface area contributed by atoms with Gasteiger partial charge in [-0.25, -0.2) is 0 Å². The minimum absolute atomic E-state index is 0.218. The number of rotatable bonds is 9. The monoisotopic (exact) mass is 343 g/mol. The Balaban J connectivity index is 1.87. The second-order valence-corrected chi connectivity index (χ2v) is 7.35. The summed E-state index contributed by atoms with van der Waals surface area (Å²) in [5.41, 5.74) is 4.03. The van der Waals surface area contributed by atoms with Crippen LogP contribution in [0.1, 0.15) is 23.6 Å². The van der Waals surface area contributed by atoms with Gasteiger partial charge in [-0.3, -0.25) is 0 Å². The third kappa shape index (κ3) is 5.66. The third-order valence-electron chi connectivity index (χ3n) is 4.50. The fourth-order valence-electron chi connectivity index (χ4n) is 2.99. The van der Waals surface area contributed by atoms with E-state index >= 15 is 0 Å². The molecule has 2 unspecified atom stereocenters. The summed E-state index contributed by atoms with van der Waals surface area (Å²) in [6.45, 7) is 5.42. The predicted octanol–water partition coefficient (Wildman–Crippen LogP) is 4.09. The van der Waals surface area contributed by atoms with Gasteiger partial charge in [-0.15, -0.1) is 11.8 Å². The number of thioether (sulfide) groups is 1. The Bertz CT molecular complexity index is 629. The Kier molecular flexibility index (Phi) is 7.83. The molecule has 3 heteroatoms. The van der Waals surface area contributed by atoms with Crippen molar-refractivity contribution in [2.75, 3.05) is 19.4 Å².